The van der Waals surface area contributed by atoms with Crippen molar-refractivity contribution in [2.75, 3.05) is 9.80 Å². The predicted molar refractivity (Wildman–Crippen MR) is 328 cm³/mol. The largest absolute Gasteiger partial charge is 0.455 e. The second-order valence-electron chi connectivity index (χ2n) is 23.4. The molecule has 1 unspecified atom stereocenters. The highest BCUT2D eigenvalue weighted by Gasteiger charge is 2.54. The van der Waals surface area contributed by atoms with Gasteiger partial charge in [-0.2, -0.15) is 0 Å². The molecule has 3 nitrogen and oxygen atoms in total. The number of hydrogen-bond acceptors (Lipinski definition) is 3. The first-order chi connectivity index (χ1) is 38.3. The van der Waals surface area contributed by atoms with Gasteiger partial charge in [-0.15, -0.1) is 0 Å². The number of fused-ring (bicyclic) bond motifs is 14. The fraction of sp³-hybridized carbons (Fsp3) is 0.120. The summed E-state index contributed by atoms with van der Waals surface area (Å²) in [5, 5.41) is 2.03. The van der Waals surface area contributed by atoms with E-state index in [1.54, 1.807) is 12.1 Å². The zero-order valence-electron chi connectivity index (χ0n) is 45.4. The number of anilines is 6. The Bertz CT molecular complexity index is 4300. The van der Waals surface area contributed by atoms with Gasteiger partial charge in [0.25, 0.3) is 0 Å². The first-order valence-electron chi connectivity index (χ1n) is 27.5. The summed E-state index contributed by atoms with van der Waals surface area (Å²) in [6.07, 6.45) is 0. The molecule has 0 saturated carbocycles. The van der Waals surface area contributed by atoms with Crippen LogP contribution in [0.2, 0.25) is 0 Å². The molecule has 2 aliphatic carbocycles. The van der Waals surface area contributed by atoms with Crippen molar-refractivity contribution < 1.29 is 8.81 Å². The molecule has 0 fully saturated rings. The first-order valence-corrected chi connectivity index (χ1v) is 27.5. The minimum Gasteiger partial charge on any atom is -0.455 e. The van der Waals surface area contributed by atoms with Gasteiger partial charge in [-0.25, -0.2) is 4.39 Å². The smallest absolute Gasteiger partial charge is 0.145 e. The van der Waals surface area contributed by atoms with Crippen LogP contribution in [0.1, 0.15) is 74.9 Å². The molecule has 0 aliphatic heterocycles. The molecule has 11 aromatic carbocycles. The van der Waals surface area contributed by atoms with Gasteiger partial charge in [0.05, 0.1) is 16.5 Å². The van der Waals surface area contributed by atoms with Crippen molar-refractivity contribution in [2.45, 2.75) is 57.8 Å². The van der Waals surface area contributed by atoms with Gasteiger partial charge in [-0.3, -0.25) is 0 Å². The van der Waals surface area contributed by atoms with Crippen LogP contribution >= 0.6 is 0 Å². The SMILES string of the molecule is CC(C)(C)c1ccc(N(c2ccc(-c3ccccc3)cc2)c2ccc3c(c2)C2(c4ccccc4-c4ccc(F)cc42)c2cc(N(c4ccc(-c5ccccc5)cc4)c4ccc(C(C)(C)C)cc4)c4c(oc5ccccc54)c2-3)cc1. The maximum absolute atomic E-state index is 16.6. The Morgan fingerprint density at radius 3 is 1.41 bits per heavy atom. The van der Waals surface area contributed by atoms with Crippen LogP contribution < -0.4 is 9.80 Å². The van der Waals surface area contributed by atoms with Crippen LogP contribution in [0.25, 0.3) is 66.4 Å². The van der Waals surface area contributed by atoms with E-state index >= 15 is 4.39 Å². The molecule has 0 saturated heterocycles. The van der Waals surface area contributed by atoms with Crippen LogP contribution in [-0.2, 0) is 16.2 Å². The molecule has 0 bridgehead atoms. The Labute approximate surface area is 462 Å². The van der Waals surface area contributed by atoms with E-state index in [2.05, 4.69) is 282 Å². The van der Waals surface area contributed by atoms with E-state index in [1.807, 2.05) is 6.07 Å². The summed E-state index contributed by atoms with van der Waals surface area (Å²) in [7, 11) is 0. The number of rotatable bonds is 8. The maximum Gasteiger partial charge on any atom is 0.145 e. The van der Waals surface area contributed by atoms with Crippen molar-refractivity contribution >= 4 is 56.1 Å². The van der Waals surface area contributed by atoms with Crippen molar-refractivity contribution in [2.24, 2.45) is 0 Å². The zero-order valence-corrected chi connectivity index (χ0v) is 45.4. The molecule has 0 radical (unpaired) electrons. The number of para-hydroxylation sites is 1. The Kier molecular flexibility index (Phi) is 11.1. The predicted octanol–water partition coefficient (Wildman–Crippen LogP) is 20.9. The molecule has 1 spiro atoms. The number of halogens is 1. The lowest BCUT2D eigenvalue weighted by atomic mass is 9.70. The monoisotopic (exact) mass is 1020 g/mol. The van der Waals surface area contributed by atoms with Gasteiger partial charge < -0.3 is 14.2 Å². The van der Waals surface area contributed by atoms with Crippen LogP contribution in [0, 0.1) is 5.82 Å². The highest BCUT2D eigenvalue weighted by molar-refractivity contribution is 6.20. The van der Waals surface area contributed by atoms with Gasteiger partial charge in [0, 0.05) is 39.4 Å². The van der Waals surface area contributed by atoms with Crippen molar-refractivity contribution in [3.63, 3.8) is 0 Å². The molecule has 79 heavy (non-hydrogen) atoms. The summed E-state index contributed by atoms with van der Waals surface area (Å²) in [6.45, 7) is 13.6. The summed E-state index contributed by atoms with van der Waals surface area (Å²) in [5.74, 6) is -0.278. The lowest BCUT2D eigenvalue weighted by molar-refractivity contribution is 0.590. The van der Waals surface area contributed by atoms with E-state index in [9.17, 15) is 0 Å². The number of benzene rings is 11. The van der Waals surface area contributed by atoms with Gasteiger partial charge in [0.15, 0.2) is 0 Å². The fourth-order valence-electron chi connectivity index (χ4n) is 12.8. The second kappa shape index (κ2) is 18.2. The van der Waals surface area contributed by atoms with Crippen molar-refractivity contribution in [3.8, 4) is 44.5 Å². The summed E-state index contributed by atoms with van der Waals surface area (Å²) in [4.78, 5) is 4.78. The van der Waals surface area contributed by atoms with Gasteiger partial charge >= 0.3 is 0 Å². The average molecular weight is 1020 g/mol. The minimum absolute atomic E-state index is 0.0249. The molecule has 4 heteroatoms. The van der Waals surface area contributed by atoms with Crippen LogP contribution in [0.4, 0.5) is 38.5 Å². The fourth-order valence-corrected chi connectivity index (χ4v) is 12.8. The Morgan fingerprint density at radius 1 is 0.367 bits per heavy atom. The molecule has 0 N–H and O–H groups in total. The van der Waals surface area contributed by atoms with Crippen LogP contribution in [0.5, 0.6) is 0 Å². The topological polar surface area (TPSA) is 19.6 Å². The van der Waals surface area contributed by atoms with Crippen molar-refractivity contribution in [3.05, 3.63) is 288 Å². The maximum atomic E-state index is 16.6. The first kappa shape index (κ1) is 48.1. The van der Waals surface area contributed by atoms with Crippen LogP contribution in [0.3, 0.4) is 0 Å². The zero-order chi connectivity index (χ0) is 53.8. The highest BCUT2D eigenvalue weighted by Crippen LogP contribution is 2.66. The normalized spacial score (nSPS) is 14.3. The number of hydrogen-bond donors (Lipinski definition) is 0. The summed E-state index contributed by atoms with van der Waals surface area (Å²) < 4.78 is 23.9. The van der Waals surface area contributed by atoms with Gasteiger partial charge in [0.2, 0.25) is 0 Å². The molecular weight excluding hydrogens is 964 g/mol. The summed E-state index contributed by atoms with van der Waals surface area (Å²) in [6, 6.07) is 88.9. The second-order valence-corrected chi connectivity index (χ2v) is 23.4. The van der Waals surface area contributed by atoms with E-state index < -0.39 is 5.41 Å². The van der Waals surface area contributed by atoms with Gasteiger partial charge in [0.1, 0.15) is 17.0 Å². The highest BCUT2D eigenvalue weighted by atomic mass is 19.1. The molecule has 1 atom stereocenters. The Balaban J connectivity index is 1.06. The van der Waals surface area contributed by atoms with Crippen molar-refractivity contribution in [1.82, 2.24) is 0 Å². The molecule has 12 aromatic rings. The molecule has 1 heterocycles. The molecule has 2 aliphatic rings. The quantitative estimate of drug-likeness (QED) is 0.151. The van der Waals surface area contributed by atoms with Crippen LogP contribution in [-0.4, -0.2) is 0 Å². The van der Waals surface area contributed by atoms with E-state index in [0.717, 1.165) is 117 Å². The van der Waals surface area contributed by atoms with Gasteiger partial charge in [-0.05, 0) is 168 Å². The number of furan rings is 1. The molecular formula is C75H59FN2O. The average Bonchev–Trinajstić information content (AvgIpc) is 1.92. The minimum atomic E-state index is -0.964. The third kappa shape index (κ3) is 7.75. The van der Waals surface area contributed by atoms with E-state index in [4.69, 9.17) is 4.42 Å². The van der Waals surface area contributed by atoms with Crippen molar-refractivity contribution in [1.29, 1.82) is 0 Å². The van der Waals surface area contributed by atoms with E-state index in [0.29, 0.717) is 0 Å². The van der Waals surface area contributed by atoms with E-state index in [1.165, 1.54) is 16.7 Å². The molecule has 1 aromatic heterocycles. The third-order valence-electron chi connectivity index (χ3n) is 16.7. The Morgan fingerprint density at radius 2 is 0.823 bits per heavy atom. The third-order valence-corrected chi connectivity index (χ3v) is 16.7. The summed E-state index contributed by atoms with van der Waals surface area (Å²) in [5.41, 5.74) is 22.0. The van der Waals surface area contributed by atoms with Crippen LogP contribution in [0.15, 0.2) is 253 Å². The van der Waals surface area contributed by atoms with E-state index in [-0.39, 0.29) is 16.6 Å². The van der Waals surface area contributed by atoms with Gasteiger partial charge in [-0.1, -0.05) is 205 Å². The molecule has 0 amide bonds. The number of nitrogens with zero attached hydrogens (tertiary/aromatic N) is 2. The Hall–Kier alpha value is -9.25. The molecule has 382 valence electrons. The standard InChI is InChI=1S/C75H59FN2O/c1-73(2,3)52-29-38-56(39-30-52)77(55-34-25-50(26-35-55)48-17-9-7-10-18-48)59-42-44-62-66(46-59)75(64-23-15-13-21-60(64)61-43-33-54(76)45-65(61)75)67-47-68(71-63-22-14-16-24-69(63)79-72(71)70(62)67)78(58-40-31-53(32-41-58)74(4,5)6)57-36-27-51(28-37-57)49-19-11-8-12-20-49/h7-47H,1-6H3. The lowest BCUT2D eigenvalue weighted by Crippen LogP contribution is -2.27. The summed E-state index contributed by atoms with van der Waals surface area (Å²) >= 11 is 0. The molecule has 14 rings (SSSR count). The lowest BCUT2D eigenvalue weighted by Gasteiger charge is -2.33.